The molecule has 0 aromatic heterocycles. The monoisotopic (exact) mass is 272 g/mol. The van der Waals surface area contributed by atoms with Gasteiger partial charge in [-0.05, 0) is 25.7 Å². The predicted molar refractivity (Wildman–Crippen MR) is 78.4 cm³/mol. The van der Waals surface area contributed by atoms with E-state index in [9.17, 15) is 4.21 Å². The van der Waals surface area contributed by atoms with Gasteiger partial charge in [0.05, 0.1) is 0 Å². The molecule has 0 bridgehead atoms. The van der Waals surface area contributed by atoms with E-state index in [0.29, 0.717) is 18.1 Å². The molecule has 0 aliphatic carbocycles. The van der Waals surface area contributed by atoms with Gasteiger partial charge >= 0.3 is 0 Å². The summed E-state index contributed by atoms with van der Waals surface area (Å²) in [5.74, 6) is 1.84. The van der Waals surface area contributed by atoms with Gasteiger partial charge in [0, 0.05) is 53.5 Å². The fraction of sp³-hybridized carbons (Fsp3) is 1.00. The van der Waals surface area contributed by atoms with Gasteiger partial charge in [0.25, 0.3) is 0 Å². The molecule has 106 valence electrons. The summed E-state index contributed by atoms with van der Waals surface area (Å²) in [6.07, 6.45) is 6.05. The van der Waals surface area contributed by atoms with Crippen molar-refractivity contribution in [3.63, 3.8) is 0 Å². The van der Waals surface area contributed by atoms with Gasteiger partial charge in [-0.25, -0.2) is 0 Å². The Labute approximate surface area is 114 Å². The molecular formula is C14H28N2OS. The molecule has 2 saturated heterocycles. The second-order valence-electron chi connectivity index (χ2n) is 5.73. The summed E-state index contributed by atoms with van der Waals surface area (Å²) in [7, 11) is -0.533. The van der Waals surface area contributed by atoms with E-state index in [-0.39, 0.29) is 0 Å². The molecule has 2 atom stereocenters. The van der Waals surface area contributed by atoms with Gasteiger partial charge < -0.3 is 5.32 Å². The van der Waals surface area contributed by atoms with Gasteiger partial charge in [0.1, 0.15) is 0 Å². The minimum Gasteiger partial charge on any atom is -0.311 e. The summed E-state index contributed by atoms with van der Waals surface area (Å²) in [4.78, 5) is 2.73. The van der Waals surface area contributed by atoms with Crippen molar-refractivity contribution >= 4 is 10.8 Å². The Bertz CT molecular complexity index is 275. The van der Waals surface area contributed by atoms with E-state index < -0.39 is 10.8 Å². The molecule has 2 heterocycles. The van der Waals surface area contributed by atoms with E-state index in [1.54, 1.807) is 0 Å². The lowest BCUT2D eigenvalue weighted by atomic mass is 9.98. The maximum atomic E-state index is 11.5. The predicted octanol–water partition coefficient (Wildman–Crippen LogP) is 1.75. The third-order valence-electron chi connectivity index (χ3n) is 4.48. The lowest BCUT2D eigenvalue weighted by Crippen LogP contribution is -2.60. The second kappa shape index (κ2) is 7.01. The fourth-order valence-electron chi connectivity index (χ4n) is 3.37. The van der Waals surface area contributed by atoms with Crippen molar-refractivity contribution < 1.29 is 4.21 Å². The van der Waals surface area contributed by atoms with Crippen LogP contribution in [0.25, 0.3) is 0 Å². The molecule has 2 aliphatic rings. The van der Waals surface area contributed by atoms with Crippen molar-refractivity contribution in [2.45, 2.75) is 64.1 Å². The zero-order chi connectivity index (χ0) is 13.0. The highest BCUT2D eigenvalue weighted by Gasteiger charge is 2.33. The van der Waals surface area contributed by atoms with Crippen LogP contribution in [0.3, 0.4) is 0 Å². The van der Waals surface area contributed by atoms with Gasteiger partial charge in [-0.3, -0.25) is 9.11 Å². The molecule has 0 radical (unpaired) electrons. The fourth-order valence-corrected chi connectivity index (χ4v) is 4.64. The first kappa shape index (κ1) is 14.5. The van der Waals surface area contributed by atoms with Gasteiger partial charge in [-0.2, -0.15) is 0 Å². The summed E-state index contributed by atoms with van der Waals surface area (Å²) in [5, 5.41) is 3.70. The number of nitrogens with one attached hydrogen (secondary N) is 1. The number of piperazine rings is 1. The Balaban J connectivity index is 1.95. The normalized spacial score (nSPS) is 38.8. The highest BCUT2D eigenvalue weighted by atomic mass is 32.2. The third kappa shape index (κ3) is 3.55. The Kier molecular flexibility index (Phi) is 5.64. The summed E-state index contributed by atoms with van der Waals surface area (Å²) in [5.41, 5.74) is 0. The molecule has 2 fully saturated rings. The quantitative estimate of drug-likeness (QED) is 0.846. The van der Waals surface area contributed by atoms with Crippen molar-refractivity contribution in [1.29, 1.82) is 0 Å². The zero-order valence-electron chi connectivity index (χ0n) is 11.9. The van der Waals surface area contributed by atoms with E-state index in [1.165, 1.54) is 25.8 Å². The van der Waals surface area contributed by atoms with Gasteiger partial charge in [0.15, 0.2) is 0 Å². The number of rotatable bonds is 4. The van der Waals surface area contributed by atoms with Crippen LogP contribution in [-0.4, -0.2) is 51.8 Å². The van der Waals surface area contributed by atoms with Crippen LogP contribution < -0.4 is 5.32 Å². The lowest BCUT2D eigenvalue weighted by molar-refractivity contribution is 0.0713. The maximum Gasteiger partial charge on any atom is 0.0249 e. The molecule has 0 saturated carbocycles. The summed E-state index contributed by atoms with van der Waals surface area (Å²) >= 11 is 0. The average molecular weight is 272 g/mol. The van der Waals surface area contributed by atoms with Crippen LogP contribution in [0, 0.1) is 0 Å². The van der Waals surface area contributed by atoms with Crippen molar-refractivity contribution in [3.05, 3.63) is 0 Å². The first-order valence-corrected chi connectivity index (χ1v) is 9.07. The van der Waals surface area contributed by atoms with Crippen LogP contribution in [0.4, 0.5) is 0 Å². The zero-order valence-corrected chi connectivity index (χ0v) is 12.7. The Morgan fingerprint density at radius 1 is 1.28 bits per heavy atom. The Morgan fingerprint density at radius 2 is 2.00 bits per heavy atom. The lowest BCUT2D eigenvalue weighted by Gasteiger charge is -2.45. The van der Waals surface area contributed by atoms with Crippen LogP contribution in [0.15, 0.2) is 0 Å². The summed E-state index contributed by atoms with van der Waals surface area (Å²) < 4.78 is 11.5. The Morgan fingerprint density at radius 3 is 2.61 bits per heavy atom. The smallest absolute Gasteiger partial charge is 0.0249 e. The molecule has 3 nitrogen and oxygen atoms in total. The van der Waals surface area contributed by atoms with E-state index in [2.05, 4.69) is 24.1 Å². The van der Waals surface area contributed by atoms with E-state index in [0.717, 1.165) is 30.9 Å². The maximum absolute atomic E-state index is 11.5. The van der Waals surface area contributed by atoms with Crippen LogP contribution >= 0.6 is 0 Å². The van der Waals surface area contributed by atoms with Crippen LogP contribution in [0.2, 0.25) is 0 Å². The molecule has 0 amide bonds. The van der Waals surface area contributed by atoms with E-state index in [4.69, 9.17) is 0 Å². The van der Waals surface area contributed by atoms with Gasteiger partial charge in [-0.15, -0.1) is 0 Å². The highest BCUT2D eigenvalue weighted by Crippen LogP contribution is 2.23. The second-order valence-corrected chi connectivity index (χ2v) is 7.43. The molecular weight excluding hydrogens is 244 g/mol. The molecule has 1 N–H and O–H groups in total. The number of hydrogen-bond donors (Lipinski definition) is 1. The van der Waals surface area contributed by atoms with Crippen LogP contribution in [0.1, 0.15) is 46.0 Å². The number of hydrogen-bond acceptors (Lipinski definition) is 3. The minimum atomic E-state index is -0.533. The van der Waals surface area contributed by atoms with Crippen molar-refractivity contribution in [2.75, 3.05) is 24.6 Å². The molecule has 4 heteroatoms. The van der Waals surface area contributed by atoms with Crippen LogP contribution in [-0.2, 0) is 10.8 Å². The first-order chi connectivity index (χ1) is 8.74. The number of nitrogens with zero attached hydrogens (tertiary/aromatic N) is 1. The molecule has 0 aromatic rings. The largest absolute Gasteiger partial charge is 0.311 e. The van der Waals surface area contributed by atoms with Crippen molar-refractivity contribution in [1.82, 2.24) is 10.2 Å². The van der Waals surface area contributed by atoms with Crippen molar-refractivity contribution in [3.8, 4) is 0 Å². The molecule has 2 rings (SSSR count). The average Bonchev–Trinajstić information content (AvgIpc) is 2.40. The minimum absolute atomic E-state index is 0.533. The first-order valence-electron chi connectivity index (χ1n) is 7.58. The third-order valence-corrected chi connectivity index (χ3v) is 5.86. The SMILES string of the molecule is CCCC1CN(C2CCS(=O)CC2)C(CC)CN1. The summed E-state index contributed by atoms with van der Waals surface area (Å²) in [6.45, 7) is 6.90. The van der Waals surface area contributed by atoms with Gasteiger partial charge in [-0.1, -0.05) is 20.3 Å². The molecule has 0 aromatic carbocycles. The highest BCUT2D eigenvalue weighted by molar-refractivity contribution is 7.85. The summed E-state index contributed by atoms with van der Waals surface area (Å²) in [6, 6.07) is 2.05. The van der Waals surface area contributed by atoms with Crippen molar-refractivity contribution in [2.24, 2.45) is 0 Å². The molecule has 2 aliphatic heterocycles. The van der Waals surface area contributed by atoms with E-state index in [1.807, 2.05) is 0 Å². The standard InChI is InChI=1S/C14H28N2OS/c1-3-5-12-11-16(13(4-2)10-15-12)14-6-8-18(17)9-7-14/h12-15H,3-11H2,1-2H3. The van der Waals surface area contributed by atoms with E-state index >= 15 is 0 Å². The Hall–Kier alpha value is 0.0700. The topological polar surface area (TPSA) is 32.3 Å². The van der Waals surface area contributed by atoms with Crippen LogP contribution in [0.5, 0.6) is 0 Å². The molecule has 0 spiro atoms. The molecule has 2 unspecified atom stereocenters. The molecule has 18 heavy (non-hydrogen) atoms. The van der Waals surface area contributed by atoms with Gasteiger partial charge in [0.2, 0.25) is 0 Å².